The van der Waals surface area contributed by atoms with Crippen LogP contribution in [0, 0.1) is 6.92 Å². The average molecular weight is 423 g/mol. The molecule has 0 fully saturated rings. The normalized spacial score (nSPS) is 12.9. The zero-order chi connectivity index (χ0) is 20.3. The molecule has 3 rings (SSSR count). The molecular formula is C17H22N6O3S2. The number of amides is 1. The third kappa shape index (κ3) is 3.86. The van der Waals surface area contributed by atoms with Gasteiger partial charge < -0.3 is 11.5 Å². The van der Waals surface area contributed by atoms with Crippen LogP contribution in [0.4, 0.5) is 5.95 Å². The molecule has 1 atom stereocenters. The van der Waals surface area contributed by atoms with E-state index in [0.717, 1.165) is 21.4 Å². The Kier molecular flexibility index (Phi) is 5.96. The highest BCUT2D eigenvalue weighted by Crippen LogP contribution is 2.29. The van der Waals surface area contributed by atoms with Crippen molar-refractivity contribution in [2.75, 3.05) is 10.8 Å². The maximum absolute atomic E-state index is 13.5. The fraction of sp³-hybridized carbons (Fsp3) is 0.353. The van der Waals surface area contributed by atoms with E-state index in [1.807, 2.05) is 6.92 Å². The highest BCUT2D eigenvalue weighted by molar-refractivity contribution is 7.92. The lowest BCUT2D eigenvalue weighted by Crippen LogP contribution is -2.49. The van der Waals surface area contributed by atoms with Crippen molar-refractivity contribution >= 4 is 38.4 Å². The smallest absolute Gasteiger partial charge is 0.267 e. The molecule has 9 nitrogen and oxygen atoms in total. The van der Waals surface area contributed by atoms with Gasteiger partial charge in [0.25, 0.3) is 10.0 Å². The largest absolute Gasteiger partial charge is 0.368 e. The van der Waals surface area contributed by atoms with Crippen LogP contribution in [0.2, 0.25) is 0 Å². The van der Waals surface area contributed by atoms with Crippen molar-refractivity contribution in [3.63, 3.8) is 0 Å². The predicted molar refractivity (Wildman–Crippen MR) is 108 cm³/mol. The van der Waals surface area contributed by atoms with E-state index in [0.29, 0.717) is 24.3 Å². The fourth-order valence-corrected chi connectivity index (χ4v) is 5.20. The number of nitrogens with two attached hydrogens (primary N) is 2. The fourth-order valence-electron chi connectivity index (χ4n) is 2.88. The molecule has 0 saturated carbocycles. The first-order valence-corrected chi connectivity index (χ1v) is 11.0. The minimum absolute atomic E-state index is 0.0597. The summed E-state index contributed by atoms with van der Waals surface area (Å²) in [7, 11) is -4.09. The number of anilines is 1. The molecule has 0 spiro atoms. The van der Waals surface area contributed by atoms with Crippen LogP contribution in [0.5, 0.6) is 0 Å². The minimum atomic E-state index is -4.09. The van der Waals surface area contributed by atoms with Crippen LogP contribution >= 0.6 is 11.5 Å². The summed E-state index contributed by atoms with van der Waals surface area (Å²) in [5.74, 6) is -0.649. The molecule has 11 heteroatoms. The van der Waals surface area contributed by atoms with Crippen molar-refractivity contribution < 1.29 is 13.2 Å². The molecule has 28 heavy (non-hydrogen) atoms. The molecule has 4 N–H and O–H groups in total. The third-order valence-electron chi connectivity index (χ3n) is 4.35. The number of aryl methyl sites for hydroxylation is 1. The maximum atomic E-state index is 13.5. The molecule has 1 aromatic carbocycles. The van der Waals surface area contributed by atoms with Crippen molar-refractivity contribution in [3.05, 3.63) is 42.2 Å². The van der Waals surface area contributed by atoms with Crippen LogP contribution in [-0.2, 0) is 14.8 Å². The van der Waals surface area contributed by atoms with Crippen LogP contribution in [-0.4, -0.2) is 40.7 Å². The second kappa shape index (κ2) is 8.25. The molecule has 2 aromatic heterocycles. The number of rotatable bonds is 9. The van der Waals surface area contributed by atoms with Gasteiger partial charge in [-0.3, -0.25) is 9.20 Å². The summed E-state index contributed by atoms with van der Waals surface area (Å²) in [6.45, 7) is 2.31. The second-order valence-corrected chi connectivity index (χ2v) is 8.92. The second-order valence-electron chi connectivity index (χ2n) is 6.38. The lowest BCUT2D eigenvalue weighted by Gasteiger charge is -2.29. The van der Waals surface area contributed by atoms with Gasteiger partial charge in [0, 0.05) is 23.9 Å². The molecule has 1 amide bonds. The van der Waals surface area contributed by atoms with Crippen LogP contribution in [0.1, 0.15) is 24.8 Å². The van der Waals surface area contributed by atoms with Gasteiger partial charge in [-0.25, -0.2) is 17.7 Å². The number of imidazole rings is 1. The molecule has 1 unspecified atom stereocenters. The monoisotopic (exact) mass is 422 g/mol. The van der Waals surface area contributed by atoms with Crippen molar-refractivity contribution in [2.24, 2.45) is 11.5 Å². The highest BCUT2D eigenvalue weighted by atomic mass is 32.2. The number of benzene rings is 1. The number of primary amides is 1. The average Bonchev–Trinajstić information content (AvgIpc) is 3.25. The summed E-state index contributed by atoms with van der Waals surface area (Å²) in [5.41, 5.74) is 12.1. The number of carbonyl (C=O) groups is 1. The molecule has 0 saturated heterocycles. The van der Waals surface area contributed by atoms with E-state index in [4.69, 9.17) is 11.5 Å². The number of hydrogen-bond donors (Lipinski definition) is 2. The van der Waals surface area contributed by atoms with Crippen LogP contribution in [0.3, 0.4) is 0 Å². The summed E-state index contributed by atoms with van der Waals surface area (Å²) in [6, 6.07) is 5.32. The van der Waals surface area contributed by atoms with E-state index in [1.165, 1.54) is 16.5 Å². The summed E-state index contributed by atoms with van der Waals surface area (Å²) in [6.07, 6.45) is 4.59. The van der Waals surface area contributed by atoms with E-state index in [1.54, 1.807) is 24.5 Å². The molecule has 3 aromatic rings. The molecule has 0 aliphatic heterocycles. The first kappa shape index (κ1) is 20.2. The molecule has 0 aliphatic rings. The van der Waals surface area contributed by atoms with Crippen molar-refractivity contribution in [1.82, 2.24) is 13.8 Å². The van der Waals surface area contributed by atoms with Crippen LogP contribution in [0.15, 0.2) is 41.6 Å². The zero-order valence-corrected chi connectivity index (χ0v) is 17.0. The van der Waals surface area contributed by atoms with E-state index >= 15 is 0 Å². The Morgan fingerprint density at radius 1 is 1.29 bits per heavy atom. The van der Waals surface area contributed by atoms with Gasteiger partial charge in [-0.05, 0) is 44.9 Å². The third-order valence-corrected chi connectivity index (χ3v) is 6.87. The zero-order valence-electron chi connectivity index (χ0n) is 15.4. The Balaban J connectivity index is 2.14. The first-order chi connectivity index (χ1) is 13.4. The Bertz CT molecular complexity index is 1060. The summed E-state index contributed by atoms with van der Waals surface area (Å²) >= 11 is 1.04. The van der Waals surface area contributed by atoms with Gasteiger partial charge in [0.1, 0.15) is 6.04 Å². The first-order valence-electron chi connectivity index (χ1n) is 8.75. The van der Waals surface area contributed by atoms with Gasteiger partial charge >= 0.3 is 0 Å². The minimum Gasteiger partial charge on any atom is -0.368 e. The quantitative estimate of drug-likeness (QED) is 0.498. The predicted octanol–water partition coefficient (Wildman–Crippen LogP) is 1.28. The highest BCUT2D eigenvalue weighted by Gasteiger charge is 2.37. The number of nitrogens with zero attached hydrogens (tertiary/aromatic N) is 4. The van der Waals surface area contributed by atoms with E-state index in [9.17, 15) is 13.2 Å². The molecule has 150 valence electrons. The number of fused-ring (bicyclic) bond motifs is 1. The summed E-state index contributed by atoms with van der Waals surface area (Å²) in [5, 5.41) is 0. The van der Waals surface area contributed by atoms with Gasteiger partial charge in [0.2, 0.25) is 16.8 Å². The SMILES string of the molecule is Cc1ccc(S(=O)(=O)N(c2nsc3nccn23)C(CCCCN)C(N)=O)cc1. The van der Waals surface area contributed by atoms with Gasteiger partial charge in [-0.15, -0.1) is 0 Å². The number of aromatic nitrogens is 3. The summed E-state index contributed by atoms with van der Waals surface area (Å²) < 4.78 is 33.8. The van der Waals surface area contributed by atoms with E-state index in [-0.39, 0.29) is 17.3 Å². The van der Waals surface area contributed by atoms with Crippen molar-refractivity contribution in [2.45, 2.75) is 37.1 Å². The number of unbranched alkanes of at least 4 members (excludes halogenated alkanes) is 1. The Labute approximate surface area is 167 Å². The number of hydrogen-bond acceptors (Lipinski definition) is 7. The Morgan fingerprint density at radius 3 is 2.64 bits per heavy atom. The van der Waals surface area contributed by atoms with Gasteiger partial charge in [0.15, 0.2) is 0 Å². The van der Waals surface area contributed by atoms with Crippen molar-refractivity contribution in [1.29, 1.82) is 0 Å². The van der Waals surface area contributed by atoms with Gasteiger partial charge in [-0.2, -0.15) is 4.37 Å². The van der Waals surface area contributed by atoms with Gasteiger partial charge in [-0.1, -0.05) is 17.7 Å². The van der Waals surface area contributed by atoms with E-state index in [2.05, 4.69) is 9.36 Å². The van der Waals surface area contributed by atoms with Crippen LogP contribution < -0.4 is 15.8 Å². The van der Waals surface area contributed by atoms with Gasteiger partial charge in [0.05, 0.1) is 4.90 Å². The lowest BCUT2D eigenvalue weighted by molar-refractivity contribution is -0.119. The maximum Gasteiger partial charge on any atom is 0.267 e. The van der Waals surface area contributed by atoms with Crippen molar-refractivity contribution in [3.8, 4) is 0 Å². The topological polar surface area (TPSA) is 137 Å². The molecule has 2 heterocycles. The van der Waals surface area contributed by atoms with Crippen LogP contribution in [0.25, 0.3) is 4.96 Å². The number of sulfonamides is 1. The van der Waals surface area contributed by atoms with E-state index < -0.39 is 22.0 Å². The molecular weight excluding hydrogens is 400 g/mol. The standard InChI is InChI=1S/C17H22N6O3S2/c1-12-5-7-13(8-6-12)28(25,26)23(14(15(19)24)4-2-3-9-18)16-21-27-17-20-10-11-22(16)17/h5-8,10-11,14H,2-4,9,18H2,1H3,(H2,19,24). The molecule has 0 bridgehead atoms. The lowest BCUT2D eigenvalue weighted by atomic mass is 10.1. The Hall–Kier alpha value is -2.50. The number of carbonyl (C=O) groups excluding carboxylic acids is 1. The Morgan fingerprint density at radius 2 is 2.00 bits per heavy atom. The summed E-state index contributed by atoms with van der Waals surface area (Å²) in [4.78, 5) is 17.0. The molecule has 0 aliphatic carbocycles. The molecule has 0 radical (unpaired) electrons.